The van der Waals surface area contributed by atoms with Crippen molar-refractivity contribution in [1.82, 2.24) is 0 Å². The molecule has 0 spiro atoms. The summed E-state index contributed by atoms with van der Waals surface area (Å²) in [6, 6.07) is 16.6. The molecule has 1 aliphatic carbocycles. The summed E-state index contributed by atoms with van der Waals surface area (Å²) < 4.78 is 2.97. The number of anilines is 1. The van der Waals surface area contributed by atoms with E-state index in [1.807, 2.05) is 35.8 Å². The van der Waals surface area contributed by atoms with Crippen molar-refractivity contribution in [2.75, 3.05) is 11.4 Å². The second-order valence-electron chi connectivity index (χ2n) is 11.3. The molecule has 41 heavy (non-hydrogen) atoms. The summed E-state index contributed by atoms with van der Waals surface area (Å²) in [5, 5.41) is 31.0. The average molecular weight is 587 g/mol. The number of nitrogens with zero attached hydrogens (tertiary/aromatic N) is 3. The van der Waals surface area contributed by atoms with Gasteiger partial charge in [0, 0.05) is 17.5 Å². The van der Waals surface area contributed by atoms with Gasteiger partial charge >= 0.3 is 11.9 Å². The Kier molecular flexibility index (Phi) is 8.07. The molecule has 2 heterocycles. The largest absolute Gasteiger partial charge is 0.481 e. The quantitative estimate of drug-likeness (QED) is 0.218. The van der Waals surface area contributed by atoms with Gasteiger partial charge in [0.2, 0.25) is 5.52 Å². The molecule has 210 valence electrons. The molecule has 0 bridgehead atoms. The summed E-state index contributed by atoms with van der Waals surface area (Å²) in [6.45, 7) is 7.08. The first-order valence-electron chi connectivity index (χ1n) is 13.5. The number of aliphatic carboxylic acids is 2. The summed E-state index contributed by atoms with van der Waals surface area (Å²) in [5.74, 6) is -1.72. The number of allylic oxidation sites excluding steroid dienone is 5. The van der Waals surface area contributed by atoms with Crippen LogP contribution < -0.4 is 9.47 Å². The van der Waals surface area contributed by atoms with Gasteiger partial charge in [0.15, 0.2) is 6.54 Å². The molecule has 2 aliphatic rings. The molecule has 0 amide bonds. The number of para-hydroxylation sites is 1. The van der Waals surface area contributed by atoms with Crippen LogP contribution >= 0.6 is 23.1 Å². The first-order chi connectivity index (χ1) is 19.5. The molecule has 7 nitrogen and oxygen atoms in total. The Bertz CT molecular complexity index is 1690. The monoisotopic (exact) mass is 586 g/mol. The minimum Gasteiger partial charge on any atom is -0.481 e. The van der Waals surface area contributed by atoms with E-state index in [2.05, 4.69) is 55.2 Å². The third kappa shape index (κ3) is 6.24. The van der Waals surface area contributed by atoms with Crippen LogP contribution in [-0.2, 0) is 16.1 Å². The summed E-state index contributed by atoms with van der Waals surface area (Å²) in [5.41, 5.74) is 5.53. The Balaban J connectivity index is 1.61. The van der Waals surface area contributed by atoms with Gasteiger partial charge in [-0.3, -0.25) is 9.59 Å². The number of carboxylic acids is 2. The van der Waals surface area contributed by atoms with Crippen molar-refractivity contribution in [2.45, 2.75) is 57.9 Å². The first kappa shape index (κ1) is 28.7. The molecule has 9 heteroatoms. The molecule has 1 aliphatic heterocycles. The summed E-state index contributed by atoms with van der Waals surface area (Å²) in [7, 11) is 0. The Labute approximate surface area is 247 Å². The molecule has 2 aromatic carbocycles. The number of carbonyl (C=O) groups is 2. The molecule has 0 unspecified atom stereocenters. The number of rotatable bonds is 8. The van der Waals surface area contributed by atoms with Crippen LogP contribution in [0.2, 0.25) is 0 Å². The van der Waals surface area contributed by atoms with Gasteiger partial charge in [0.1, 0.15) is 22.8 Å². The second kappa shape index (κ2) is 11.6. The minimum absolute atomic E-state index is 0.0296. The molecule has 3 aromatic rings. The van der Waals surface area contributed by atoms with Crippen molar-refractivity contribution in [1.29, 1.82) is 5.26 Å². The number of fused-ring (bicyclic) bond motifs is 2. The van der Waals surface area contributed by atoms with Gasteiger partial charge in [-0.1, -0.05) is 61.2 Å². The van der Waals surface area contributed by atoms with Crippen molar-refractivity contribution >= 4 is 56.5 Å². The Morgan fingerprint density at radius 1 is 1.12 bits per heavy atom. The molecular weight excluding hydrogens is 555 g/mol. The van der Waals surface area contributed by atoms with Gasteiger partial charge < -0.3 is 15.1 Å². The predicted molar refractivity (Wildman–Crippen MR) is 163 cm³/mol. The molecule has 5 rings (SSSR count). The number of carboxylic acid groups (broad SMARTS) is 2. The van der Waals surface area contributed by atoms with E-state index in [4.69, 9.17) is 0 Å². The molecule has 0 fully saturated rings. The van der Waals surface area contributed by atoms with Gasteiger partial charge in [-0.25, -0.2) is 0 Å². The highest BCUT2D eigenvalue weighted by Crippen LogP contribution is 2.48. The topological polar surface area (TPSA) is 106 Å². The van der Waals surface area contributed by atoms with Crippen molar-refractivity contribution < 1.29 is 24.4 Å². The van der Waals surface area contributed by atoms with Crippen molar-refractivity contribution in [3.05, 3.63) is 81.4 Å². The molecule has 1 aromatic heterocycles. The molecule has 0 saturated heterocycles. The molecule has 0 atom stereocenters. The SMILES string of the molecule is Cc1ccc2c(c1)N(CCC(=O)O)/C(=C/C1=CC(=C(\C#N)c3sc4ccccc4[n+]3CCC(=O)O)/CC(C)(C)C1)S2. The first-order valence-corrected chi connectivity index (χ1v) is 15.1. The maximum atomic E-state index is 11.4. The number of aromatic nitrogens is 1. The van der Waals surface area contributed by atoms with Gasteiger partial charge in [-0.2, -0.15) is 9.83 Å². The molecular formula is C32H32N3O4S2+. The van der Waals surface area contributed by atoms with Crippen LogP contribution in [-0.4, -0.2) is 28.7 Å². The Morgan fingerprint density at radius 3 is 2.61 bits per heavy atom. The average Bonchev–Trinajstić information content (AvgIpc) is 3.42. The number of benzene rings is 2. The second-order valence-corrected chi connectivity index (χ2v) is 13.4. The minimum atomic E-state index is -0.879. The van der Waals surface area contributed by atoms with Crippen LogP contribution in [0.1, 0.15) is 50.1 Å². The van der Waals surface area contributed by atoms with Crippen LogP contribution in [0.4, 0.5) is 5.69 Å². The lowest BCUT2D eigenvalue weighted by molar-refractivity contribution is -0.668. The van der Waals surface area contributed by atoms with Crippen LogP contribution in [0.5, 0.6) is 0 Å². The number of nitriles is 1. The molecule has 0 saturated carbocycles. The lowest BCUT2D eigenvalue weighted by atomic mass is 9.74. The maximum Gasteiger partial charge on any atom is 0.309 e. The number of hydrogen-bond acceptors (Lipinski definition) is 6. The normalized spacial score (nSPS) is 18.2. The molecule has 0 radical (unpaired) electrons. The van der Waals surface area contributed by atoms with Crippen LogP contribution in [0.3, 0.4) is 0 Å². The standard InChI is InChI=1S/C32H31N3O4S2/c1-20-8-9-27-25(14-20)34(12-10-29(36)37)28(40-27)16-21-15-22(18-32(2,3)17-21)23(19-33)31-35(13-11-30(38)39)24-6-4-5-7-26(24)41-31/h4-9,14-16H,10-13,17-18H2,1-3H3,(H-,36,37,38,39)/p+1. The predicted octanol–water partition coefficient (Wildman–Crippen LogP) is 6.92. The lowest BCUT2D eigenvalue weighted by Crippen LogP contribution is -2.37. The zero-order valence-corrected chi connectivity index (χ0v) is 24.9. The third-order valence-corrected chi connectivity index (χ3v) is 9.55. The van der Waals surface area contributed by atoms with Crippen LogP contribution in [0, 0.1) is 23.7 Å². The van der Waals surface area contributed by atoms with Gasteiger partial charge in [-0.05, 0) is 66.2 Å². The lowest BCUT2D eigenvalue weighted by Gasteiger charge is -2.31. The number of thioether (sulfide) groups is 1. The van der Waals surface area contributed by atoms with E-state index in [9.17, 15) is 25.1 Å². The van der Waals surface area contributed by atoms with Crippen LogP contribution in [0.25, 0.3) is 15.8 Å². The summed E-state index contributed by atoms with van der Waals surface area (Å²) in [6.07, 6.45) is 5.77. The van der Waals surface area contributed by atoms with E-state index in [1.54, 1.807) is 11.8 Å². The molecule has 2 N–H and O–H groups in total. The third-order valence-electron chi connectivity index (χ3n) is 7.26. The van der Waals surface area contributed by atoms with Gasteiger partial charge in [-0.15, -0.1) is 0 Å². The zero-order valence-electron chi connectivity index (χ0n) is 23.3. The highest BCUT2D eigenvalue weighted by atomic mass is 32.2. The van der Waals surface area contributed by atoms with E-state index >= 15 is 0 Å². The van der Waals surface area contributed by atoms with Crippen molar-refractivity contribution in [3.8, 4) is 6.07 Å². The summed E-state index contributed by atoms with van der Waals surface area (Å²) >= 11 is 3.16. The fourth-order valence-electron chi connectivity index (χ4n) is 5.53. The summed E-state index contributed by atoms with van der Waals surface area (Å²) in [4.78, 5) is 26.1. The highest BCUT2D eigenvalue weighted by molar-refractivity contribution is 8.03. The maximum absolute atomic E-state index is 11.4. The van der Waals surface area contributed by atoms with E-state index in [1.165, 1.54) is 11.3 Å². The zero-order chi connectivity index (χ0) is 29.3. The number of aryl methyl sites for hydroxylation is 2. The number of thiazole rings is 1. The Morgan fingerprint density at radius 2 is 1.88 bits per heavy atom. The van der Waals surface area contributed by atoms with E-state index in [0.717, 1.165) is 54.0 Å². The van der Waals surface area contributed by atoms with Crippen molar-refractivity contribution in [3.63, 3.8) is 0 Å². The van der Waals surface area contributed by atoms with Crippen LogP contribution in [0.15, 0.2) is 75.7 Å². The Hall–Kier alpha value is -3.87. The number of hydrogen-bond donors (Lipinski definition) is 2. The fourth-order valence-corrected chi connectivity index (χ4v) is 7.89. The van der Waals surface area contributed by atoms with Gasteiger partial charge in [0.25, 0.3) is 5.01 Å². The van der Waals surface area contributed by atoms with Gasteiger partial charge in [0.05, 0.1) is 17.1 Å². The van der Waals surface area contributed by atoms with E-state index < -0.39 is 11.9 Å². The van der Waals surface area contributed by atoms with Crippen molar-refractivity contribution in [2.24, 2.45) is 5.41 Å². The van der Waals surface area contributed by atoms with E-state index in [-0.39, 0.29) is 24.8 Å². The smallest absolute Gasteiger partial charge is 0.309 e. The highest BCUT2D eigenvalue weighted by Gasteiger charge is 2.33. The van der Waals surface area contributed by atoms with E-state index in [0.29, 0.717) is 18.5 Å². The fraction of sp³-hybridized carbons (Fsp3) is 0.312.